The van der Waals surface area contributed by atoms with Crippen molar-refractivity contribution in [2.24, 2.45) is 0 Å². The van der Waals surface area contributed by atoms with E-state index in [0.29, 0.717) is 5.56 Å². The number of hydrogen-bond donors (Lipinski definition) is 0. The van der Waals surface area contributed by atoms with Gasteiger partial charge in [0.1, 0.15) is 11.3 Å². The molecule has 3 aromatic rings. The molecule has 0 spiro atoms. The first-order chi connectivity index (χ1) is 8.78. The zero-order chi connectivity index (χ0) is 12.5. The standard InChI is InChI=1S/C16H12O2/c1-11-6-7-15-13(8-11)9-16(18-15)14-5-3-2-4-12(14)10-17/h2-10H,1H3. The van der Waals surface area contributed by atoms with E-state index in [1.54, 1.807) is 6.07 Å². The molecule has 2 nitrogen and oxygen atoms in total. The summed E-state index contributed by atoms with van der Waals surface area (Å²) in [7, 11) is 0. The van der Waals surface area contributed by atoms with Crippen LogP contribution < -0.4 is 0 Å². The van der Waals surface area contributed by atoms with Crippen LogP contribution in [0.25, 0.3) is 22.3 Å². The van der Waals surface area contributed by atoms with Crippen LogP contribution >= 0.6 is 0 Å². The van der Waals surface area contributed by atoms with Crippen molar-refractivity contribution in [2.45, 2.75) is 6.92 Å². The van der Waals surface area contributed by atoms with Crippen LogP contribution in [-0.4, -0.2) is 6.29 Å². The van der Waals surface area contributed by atoms with Crippen LogP contribution in [0.3, 0.4) is 0 Å². The molecule has 0 saturated heterocycles. The van der Waals surface area contributed by atoms with Gasteiger partial charge in [0, 0.05) is 16.5 Å². The Hall–Kier alpha value is -2.35. The number of fused-ring (bicyclic) bond motifs is 1. The van der Waals surface area contributed by atoms with E-state index in [4.69, 9.17) is 4.42 Å². The average molecular weight is 236 g/mol. The predicted molar refractivity (Wildman–Crippen MR) is 71.8 cm³/mol. The van der Waals surface area contributed by atoms with Crippen molar-refractivity contribution in [1.29, 1.82) is 0 Å². The summed E-state index contributed by atoms with van der Waals surface area (Å²) in [6.45, 7) is 2.05. The topological polar surface area (TPSA) is 30.2 Å². The van der Waals surface area contributed by atoms with E-state index in [2.05, 4.69) is 6.07 Å². The summed E-state index contributed by atoms with van der Waals surface area (Å²) < 4.78 is 5.79. The fourth-order valence-electron chi connectivity index (χ4n) is 2.12. The van der Waals surface area contributed by atoms with Gasteiger partial charge >= 0.3 is 0 Å². The Morgan fingerprint density at radius 2 is 1.89 bits per heavy atom. The van der Waals surface area contributed by atoms with E-state index in [0.717, 1.165) is 28.6 Å². The molecule has 0 aliphatic carbocycles. The fraction of sp³-hybridized carbons (Fsp3) is 0.0625. The molecule has 3 rings (SSSR count). The van der Waals surface area contributed by atoms with Crippen molar-refractivity contribution >= 4 is 17.3 Å². The molecule has 0 aliphatic heterocycles. The third kappa shape index (κ3) is 1.72. The number of furan rings is 1. The number of carbonyl (C=O) groups is 1. The van der Waals surface area contributed by atoms with Gasteiger partial charge in [-0.15, -0.1) is 0 Å². The van der Waals surface area contributed by atoms with Crippen LogP contribution in [0.1, 0.15) is 15.9 Å². The molecule has 0 atom stereocenters. The smallest absolute Gasteiger partial charge is 0.150 e. The first-order valence-corrected chi connectivity index (χ1v) is 5.83. The molecular weight excluding hydrogens is 224 g/mol. The molecule has 0 bridgehead atoms. The van der Waals surface area contributed by atoms with E-state index in [1.807, 2.05) is 43.3 Å². The molecule has 0 radical (unpaired) electrons. The molecule has 18 heavy (non-hydrogen) atoms. The van der Waals surface area contributed by atoms with Gasteiger partial charge in [-0.2, -0.15) is 0 Å². The lowest BCUT2D eigenvalue weighted by Gasteiger charge is -1.99. The molecule has 0 aliphatic rings. The van der Waals surface area contributed by atoms with E-state index >= 15 is 0 Å². The number of benzene rings is 2. The Balaban J connectivity index is 2.22. The van der Waals surface area contributed by atoms with Crippen molar-refractivity contribution in [1.82, 2.24) is 0 Å². The van der Waals surface area contributed by atoms with Crippen LogP contribution in [0.2, 0.25) is 0 Å². The molecule has 0 N–H and O–H groups in total. The SMILES string of the molecule is Cc1ccc2oc(-c3ccccc3C=O)cc2c1. The second-order valence-corrected chi connectivity index (χ2v) is 4.36. The Kier molecular flexibility index (Phi) is 2.49. The third-order valence-electron chi connectivity index (χ3n) is 3.03. The molecule has 1 heterocycles. The van der Waals surface area contributed by atoms with Gasteiger partial charge in [0.25, 0.3) is 0 Å². The zero-order valence-electron chi connectivity index (χ0n) is 10.0. The van der Waals surface area contributed by atoms with E-state index < -0.39 is 0 Å². The molecule has 1 aromatic heterocycles. The maximum Gasteiger partial charge on any atom is 0.150 e. The first-order valence-electron chi connectivity index (χ1n) is 5.83. The molecule has 2 heteroatoms. The lowest BCUT2D eigenvalue weighted by molar-refractivity contribution is 0.112. The van der Waals surface area contributed by atoms with Crippen molar-refractivity contribution < 1.29 is 9.21 Å². The number of hydrogen-bond acceptors (Lipinski definition) is 2. The van der Waals surface area contributed by atoms with Gasteiger partial charge in [-0.25, -0.2) is 0 Å². The van der Waals surface area contributed by atoms with Gasteiger partial charge in [0.05, 0.1) is 0 Å². The Labute approximate surface area is 105 Å². The van der Waals surface area contributed by atoms with Crippen molar-refractivity contribution in [3.8, 4) is 11.3 Å². The quantitative estimate of drug-likeness (QED) is 0.623. The Bertz CT molecular complexity index is 723. The largest absolute Gasteiger partial charge is 0.456 e. The summed E-state index contributed by atoms with van der Waals surface area (Å²) in [5.74, 6) is 0.735. The van der Waals surface area contributed by atoms with E-state index in [9.17, 15) is 4.79 Å². The summed E-state index contributed by atoms with van der Waals surface area (Å²) in [5.41, 5.74) is 3.52. The molecule has 0 saturated carbocycles. The normalized spacial score (nSPS) is 10.7. The highest BCUT2D eigenvalue weighted by Crippen LogP contribution is 2.29. The minimum absolute atomic E-state index is 0.647. The van der Waals surface area contributed by atoms with Gasteiger partial charge in [-0.05, 0) is 25.1 Å². The van der Waals surface area contributed by atoms with Crippen LogP contribution in [0.4, 0.5) is 0 Å². The highest BCUT2D eigenvalue weighted by atomic mass is 16.3. The van der Waals surface area contributed by atoms with Crippen LogP contribution in [0.5, 0.6) is 0 Å². The summed E-state index contributed by atoms with van der Waals surface area (Å²) in [6.07, 6.45) is 0.855. The molecular formula is C16H12O2. The average Bonchev–Trinajstić information content (AvgIpc) is 2.81. The first kappa shape index (κ1) is 10.8. The summed E-state index contributed by atoms with van der Waals surface area (Å²) >= 11 is 0. The highest BCUT2D eigenvalue weighted by molar-refractivity contribution is 5.90. The maximum atomic E-state index is 11.0. The van der Waals surface area contributed by atoms with Crippen LogP contribution in [0.15, 0.2) is 52.9 Å². The number of aryl methyl sites for hydroxylation is 1. The molecule has 0 amide bonds. The fourth-order valence-corrected chi connectivity index (χ4v) is 2.12. The van der Waals surface area contributed by atoms with Crippen LogP contribution in [0, 0.1) is 6.92 Å². The Morgan fingerprint density at radius 3 is 2.72 bits per heavy atom. The minimum Gasteiger partial charge on any atom is -0.456 e. The summed E-state index contributed by atoms with van der Waals surface area (Å²) in [5, 5.41) is 1.06. The predicted octanol–water partition coefficient (Wildman–Crippen LogP) is 4.22. The highest BCUT2D eigenvalue weighted by Gasteiger charge is 2.09. The lowest BCUT2D eigenvalue weighted by Crippen LogP contribution is -1.84. The summed E-state index contributed by atoms with van der Waals surface area (Å²) in [6, 6.07) is 15.5. The maximum absolute atomic E-state index is 11.0. The minimum atomic E-state index is 0.647. The van der Waals surface area contributed by atoms with Crippen molar-refractivity contribution in [2.75, 3.05) is 0 Å². The molecule has 0 unspecified atom stereocenters. The zero-order valence-corrected chi connectivity index (χ0v) is 10.0. The monoisotopic (exact) mass is 236 g/mol. The second-order valence-electron chi connectivity index (χ2n) is 4.36. The second kappa shape index (κ2) is 4.15. The van der Waals surface area contributed by atoms with Gasteiger partial charge in [-0.1, -0.05) is 35.9 Å². The number of rotatable bonds is 2. The van der Waals surface area contributed by atoms with Gasteiger partial charge in [0.2, 0.25) is 0 Å². The van der Waals surface area contributed by atoms with Crippen molar-refractivity contribution in [3.63, 3.8) is 0 Å². The lowest BCUT2D eigenvalue weighted by atomic mass is 10.1. The van der Waals surface area contributed by atoms with Crippen molar-refractivity contribution in [3.05, 3.63) is 59.7 Å². The van der Waals surface area contributed by atoms with Gasteiger partial charge < -0.3 is 4.42 Å². The number of aldehydes is 1. The molecule has 2 aromatic carbocycles. The molecule has 0 fully saturated rings. The number of carbonyl (C=O) groups excluding carboxylic acids is 1. The third-order valence-corrected chi connectivity index (χ3v) is 3.03. The van der Waals surface area contributed by atoms with Gasteiger partial charge in [-0.3, -0.25) is 4.79 Å². The van der Waals surface area contributed by atoms with E-state index in [-0.39, 0.29) is 0 Å². The summed E-state index contributed by atoms with van der Waals surface area (Å²) in [4.78, 5) is 11.0. The Morgan fingerprint density at radius 1 is 1.06 bits per heavy atom. The van der Waals surface area contributed by atoms with Crippen LogP contribution in [-0.2, 0) is 0 Å². The van der Waals surface area contributed by atoms with Gasteiger partial charge in [0.15, 0.2) is 6.29 Å². The van der Waals surface area contributed by atoms with E-state index in [1.165, 1.54) is 5.56 Å². The molecule has 88 valence electrons.